The van der Waals surface area contributed by atoms with Gasteiger partial charge in [0.05, 0.1) is 0 Å². The van der Waals surface area contributed by atoms with E-state index >= 15 is 0 Å². The Kier molecular flexibility index (Phi) is 6.41. The average molecular weight is 361 g/mol. The number of urea groups is 1. The number of nitrogens with zero attached hydrogens (tertiary/aromatic N) is 1. The van der Waals surface area contributed by atoms with Gasteiger partial charge in [-0.3, -0.25) is 4.98 Å². The van der Waals surface area contributed by atoms with Gasteiger partial charge < -0.3 is 15.4 Å². The van der Waals surface area contributed by atoms with E-state index in [2.05, 4.69) is 22.5 Å². The number of carbonyl (C=O) groups excluding carboxylic acids is 1. The smallest absolute Gasteiger partial charge is 0.319 e. The molecule has 2 aromatic carbocycles. The highest BCUT2D eigenvalue weighted by atomic mass is 16.5. The Bertz CT molecular complexity index is 864. The number of aryl methyl sites for hydroxylation is 1. The van der Waals surface area contributed by atoms with E-state index in [1.807, 2.05) is 60.7 Å². The van der Waals surface area contributed by atoms with Crippen molar-refractivity contribution in [2.75, 3.05) is 5.32 Å². The molecule has 0 saturated carbocycles. The van der Waals surface area contributed by atoms with Crippen LogP contribution in [0.5, 0.6) is 5.75 Å². The van der Waals surface area contributed by atoms with Gasteiger partial charge in [0.1, 0.15) is 12.4 Å². The molecule has 138 valence electrons. The summed E-state index contributed by atoms with van der Waals surface area (Å²) in [4.78, 5) is 16.1. The molecule has 0 atom stereocenters. The largest absolute Gasteiger partial charge is 0.489 e. The highest BCUT2D eigenvalue weighted by molar-refractivity contribution is 5.89. The zero-order valence-electron chi connectivity index (χ0n) is 15.3. The highest BCUT2D eigenvalue weighted by Gasteiger charge is 2.03. The van der Waals surface area contributed by atoms with Crippen molar-refractivity contribution in [2.45, 2.75) is 26.5 Å². The predicted octanol–water partition coefficient (Wildman–Crippen LogP) is 4.54. The molecule has 2 amide bonds. The van der Waals surface area contributed by atoms with Gasteiger partial charge in [0.25, 0.3) is 0 Å². The number of ether oxygens (including phenoxy) is 1. The lowest BCUT2D eigenvalue weighted by Crippen LogP contribution is -2.28. The lowest BCUT2D eigenvalue weighted by molar-refractivity contribution is 0.251. The molecule has 5 heteroatoms. The van der Waals surface area contributed by atoms with Gasteiger partial charge in [-0.25, -0.2) is 4.79 Å². The first-order chi connectivity index (χ1) is 13.2. The minimum absolute atomic E-state index is 0.222. The number of carbonyl (C=O) groups is 1. The number of amides is 2. The van der Waals surface area contributed by atoms with Crippen LogP contribution in [0.25, 0.3) is 0 Å². The van der Waals surface area contributed by atoms with Crippen LogP contribution in [-0.4, -0.2) is 11.0 Å². The Morgan fingerprint density at radius 1 is 1.00 bits per heavy atom. The Labute approximate surface area is 159 Å². The van der Waals surface area contributed by atoms with Crippen molar-refractivity contribution in [3.63, 3.8) is 0 Å². The lowest BCUT2D eigenvalue weighted by atomic mass is 10.1. The number of anilines is 1. The van der Waals surface area contributed by atoms with Crippen molar-refractivity contribution in [3.05, 3.63) is 89.7 Å². The molecule has 1 heterocycles. The van der Waals surface area contributed by atoms with Gasteiger partial charge in [0.15, 0.2) is 0 Å². The molecule has 3 rings (SSSR count). The van der Waals surface area contributed by atoms with Gasteiger partial charge in [-0.15, -0.1) is 0 Å². The van der Waals surface area contributed by atoms with Gasteiger partial charge in [-0.05, 0) is 47.9 Å². The summed E-state index contributed by atoms with van der Waals surface area (Å²) in [6.45, 7) is 3.01. The fourth-order valence-electron chi connectivity index (χ4n) is 2.58. The standard InChI is InChI=1S/C22H23N3O2/c1-2-17-5-3-7-20(13-17)25-22(26)24-15-18-8-10-21(11-9-18)27-16-19-6-4-12-23-14-19/h3-14H,2,15-16H2,1H3,(H2,24,25,26). The van der Waals surface area contributed by atoms with Crippen LogP contribution in [0, 0.1) is 0 Å². The molecule has 0 aliphatic heterocycles. The minimum Gasteiger partial charge on any atom is -0.489 e. The highest BCUT2D eigenvalue weighted by Crippen LogP contribution is 2.14. The second kappa shape index (κ2) is 9.38. The Balaban J connectivity index is 1.46. The van der Waals surface area contributed by atoms with Crippen LogP contribution in [0.4, 0.5) is 10.5 Å². The van der Waals surface area contributed by atoms with Crippen molar-refractivity contribution in [3.8, 4) is 5.75 Å². The van der Waals surface area contributed by atoms with Crippen LogP contribution in [0.2, 0.25) is 0 Å². The molecule has 27 heavy (non-hydrogen) atoms. The second-order valence-corrected chi connectivity index (χ2v) is 6.16. The monoisotopic (exact) mass is 361 g/mol. The van der Waals surface area contributed by atoms with Crippen LogP contribution in [-0.2, 0) is 19.6 Å². The third kappa shape index (κ3) is 5.85. The number of pyridine rings is 1. The molecule has 0 aliphatic rings. The molecule has 2 N–H and O–H groups in total. The first-order valence-corrected chi connectivity index (χ1v) is 8.97. The Morgan fingerprint density at radius 3 is 2.56 bits per heavy atom. The number of aromatic nitrogens is 1. The van der Waals surface area contributed by atoms with Gasteiger partial charge in [-0.1, -0.05) is 37.3 Å². The molecule has 3 aromatic rings. The molecule has 0 saturated heterocycles. The van der Waals surface area contributed by atoms with E-state index in [1.54, 1.807) is 12.4 Å². The predicted molar refractivity (Wildman–Crippen MR) is 107 cm³/mol. The molecule has 1 aromatic heterocycles. The second-order valence-electron chi connectivity index (χ2n) is 6.16. The molecular formula is C22H23N3O2. The van der Waals surface area contributed by atoms with Crippen LogP contribution in [0.3, 0.4) is 0 Å². The van der Waals surface area contributed by atoms with E-state index in [9.17, 15) is 4.79 Å². The van der Waals surface area contributed by atoms with Gasteiger partial charge in [0.2, 0.25) is 0 Å². The summed E-state index contributed by atoms with van der Waals surface area (Å²) in [7, 11) is 0. The van der Waals surface area contributed by atoms with Crippen LogP contribution in [0.1, 0.15) is 23.6 Å². The number of nitrogens with one attached hydrogen (secondary N) is 2. The Morgan fingerprint density at radius 2 is 1.81 bits per heavy atom. The molecule has 5 nitrogen and oxygen atoms in total. The molecule has 0 bridgehead atoms. The van der Waals surface area contributed by atoms with Crippen molar-refractivity contribution >= 4 is 11.7 Å². The maximum Gasteiger partial charge on any atom is 0.319 e. The van der Waals surface area contributed by atoms with Crippen molar-refractivity contribution < 1.29 is 9.53 Å². The van der Waals surface area contributed by atoms with E-state index in [0.717, 1.165) is 29.0 Å². The summed E-state index contributed by atoms with van der Waals surface area (Å²) < 4.78 is 5.73. The molecule has 0 radical (unpaired) electrons. The van der Waals surface area contributed by atoms with E-state index in [1.165, 1.54) is 5.56 Å². The maximum atomic E-state index is 12.1. The molecule has 0 aliphatic carbocycles. The van der Waals surface area contributed by atoms with E-state index in [0.29, 0.717) is 13.2 Å². The molecule has 0 spiro atoms. The fourth-order valence-corrected chi connectivity index (χ4v) is 2.58. The minimum atomic E-state index is -0.222. The summed E-state index contributed by atoms with van der Waals surface area (Å²) in [5.41, 5.74) is 4.01. The number of hydrogen-bond acceptors (Lipinski definition) is 3. The van der Waals surface area contributed by atoms with E-state index in [-0.39, 0.29) is 6.03 Å². The lowest BCUT2D eigenvalue weighted by Gasteiger charge is -2.10. The molecule has 0 fully saturated rings. The van der Waals surface area contributed by atoms with Gasteiger partial charge >= 0.3 is 6.03 Å². The summed E-state index contributed by atoms with van der Waals surface area (Å²) in [6.07, 6.45) is 4.46. The third-order valence-corrected chi connectivity index (χ3v) is 4.10. The maximum absolute atomic E-state index is 12.1. The molecule has 0 unspecified atom stereocenters. The van der Waals surface area contributed by atoms with Crippen molar-refractivity contribution in [1.29, 1.82) is 0 Å². The van der Waals surface area contributed by atoms with Crippen LogP contribution >= 0.6 is 0 Å². The van der Waals surface area contributed by atoms with Gasteiger partial charge in [0, 0.05) is 30.2 Å². The van der Waals surface area contributed by atoms with E-state index in [4.69, 9.17) is 4.74 Å². The third-order valence-electron chi connectivity index (χ3n) is 4.10. The molecular weight excluding hydrogens is 338 g/mol. The summed E-state index contributed by atoms with van der Waals surface area (Å²) >= 11 is 0. The zero-order valence-corrected chi connectivity index (χ0v) is 15.3. The topological polar surface area (TPSA) is 63.2 Å². The number of benzene rings is 2. The summed E-state index contributed by atoms with van der Waals surface area (Å²) in [5.74, 6) is 0.781. The van der Waals surface area contributed by atoms with Crippen molar-refractivity contribution in [1.82, 2.24) is 10.3 Å². The van der Waals surface area contributed by atoms with Crippen LogP contribution in [0.15, 0.2) is 73.1 Å². The fraction of sp³-hybridized carbons (Fsp3) is 0.182. The Hall–Kier alpha value is -3.34. The number of hydrogen-bond donors (Lipinski definition) is 2. The van der Waals surface area contributed by atoms with E-state index < -0.39 is 0 Å². The zero-order chi connectivity index (χ0) is 18.9. The first kappa shape index (κ1) is 18.5. The number of rotatable bonds is 7. The van der Waals surface area contributed by atoms with Crippen LogP contribution < -0.4 is 15.4 Å². The average Bonchev–Trinajstić information content (AvgIpc) is 2.72. The first-order valence-electron chi connectivity index (χ1n) is 8.97. The van der Waals surface area contributed by atoms with Gasteiger partial charge in [-0.2, -0.15) is 0 Å². The van der Waals surface area contributed by atoms with Crippen molar-refractivity contribution in [2.24, 2.45) is 0 Å². The summed E-state index contributed by atoms with van der Waals surface area (Å²) in [5, 5.41) is 5.72. The SMILES string of the molecule is CCc1cccc(NC(=O)NCc2ccc(OCc3cccnc3)cc2)c1. The quantitative estimate of drug-likeness (QED) is 0.649. The summed E-state index contributed by atoms with van der Waals surface area (Å²) in [6, 6.07) is 19.2. The normalized spacial score (nSPS) is 10.3.